The predicted octanol–water partition coefficient (Wildman–Crippen LogP) is 2.48. The Balaban J connectivity index is 2.62. The summed E-state index contributed by atoms with van der Waals surface area (Å²) in [5.74, 6) is 0.165. The van der Waals surface area contributed by atoms with Crippen LogP contribution < -0.4 is 10.6 Å². The van der Waals surface area contributed by atoms with Crippen LogP contribution in [0.1, 0.15) is 79.1 Å². The number of aliphatic hydroxyl groups is 2. The number of carboxylic acids is 1. The molecule has 0 bridgehead atoms. The lowest BCUT2D eigenvalue weighted by Gasteiger charge is -2.34. The SMILES string of the molecule is CC(C)CC(NC(C)CC1CCCCC1)C(O)N[C@@H](CC(=O)O)C(C)O. The second-order valence-corrected chi connectivity index (χ2v) is 8.60. The van der Waals surface area contributed by atoms with Crippen LogP contribution in [0.5, 0.6) is 0 Å². The summed E-state index contributed by atoms with van der Waals surface area (Å²) in [6.45, 7) is 7.93. The summed E-state index contributed by atoms with van der Waals surface area (Å²) < 4.78 is 0. The Labute approximate surface area is 158 Å². The van der Waals surface area contributed by atoms with Crippen LogP contribution in [-0.2, 0) is 4.79 Å². The van der Waals surface area contributed by atoms with E-state index in [0.717, 1.165) is 18.8 Å². The molecule has 1 aliphatic rings. The van der Waals surface area contributed by atoms with Gasteiger partial charge in [-0.2, -0.15) is 0 Å². The van der Waals surface area contributed by atoms with Crippen molar-refractivity contribution in [3.05, 3.63) is 0 Å². The van der Waals surface area contributed by atoms with Crippen LogP contribution in [0.4, 0.5) is 0 Å². The molecule has 0 spiro atoms. The van der Waals surface area contributed by atoms with Crippen LogP contribution in [0.2, 0.25) is 0 Å². The molecule has 0 saturated heterocycles. The zero-order valence-electron chi connectivity index (χ0n) is 16.9. The minimum Gasteiger partial charge on any atom is -0.481 e. The van der Waals surface area contributed by atoms with E-state index in [4.69, 9.17) is 5.11 Å². The number of carbonyl (C=O) groups is 1. The fourth-order valence-electron chi connectivity index (χ4n) is 4.04. The Morgan fingerprint density at radius 1 is 1.00 bits per heavy atom. The standard InChI is InChI=1S/C20H40N2O4/c1-13(2)10-18(20(26)22-17(15(4)23)12-19(24)25)21-14(3)11-16-8-6-5-7-9-16/h13-18,20-23,26H,5-12H2,1-4H3,(H,24,25)/t14?,15?,17-,18?,20?/m0/s1. The van der Waals surface area contributed by atoms with Crippen molar-refractivity contribution in [1.29, 1.82) is 0 Å². The second-order valence-electron chi connectivity index (χ2n) is 8.60. The minimum absolute atomic E-state index is 0.177. The van der Waals surface area contributed by atoms with E-state index in [-0.39, 0.29) is 12.5 Å². The molecule has 0 aromatic rings. The first-order valence-corrected chi connectivity index (χ1v) is 10.3. The van der Waals surface area contributed by atoms with Crippen molar-refractivity contribution in [2.75, 3.05) is 0 Å². The lowest BCUT2D eigenvalue weighted by atomic mass is 9.85. The highest BCUT2D eigenvalue weighted by molar-refractivity contribution is 5.67. The fourth-order valence-corrected chi connectivity index (χ4v) is 4.04. The van der Waals surface area contributed by atoms with Crippen LogP contribution in [0, 0.1) is 11.8 Å². The van der Waals surface area contributed by atoms with Crippen molar-refractivity contribution in [3.63, 3.8) is 0 Å². The lowest BCUT2D eigenvalue weighted by Crippen LogP contribution is -2.56. The summed E-state index contributed by atoms with van der Waals surface area (Å²) in [6, 6.07) is -0.556. The lowest BCUT2D eigenvalue weighted by molar-refractivity contribution is -0.138. The van der Waals surface area contributed by atoms with Gasteiger partial charge in [0.1, 0.15) is 6.23 Å². The number of hydrogen-bond acceptors (Lipinski definition) is 5. The Kier molecular flexibility index (Phi) is 10.7. The maximum atomic E-state index is 11.0. The van der Waals surface area contributed by atoms with Crippen LogP contribution in [-0.4, -0.2) is 51.7 Å². The normalized spacial score (nSPS) is 22.0. The molecule has 154 valence electrons. The highest BCUT2D eigenvalue weighted by Crippen LogP contribution is 2.27. The van der Waals surface area contributed by atoms with Gasteiger partial charge in [-0.05, 0) is 38.5 Å². The maximum Gasteiger partial charge on any atom is 0.305 e. The van der Waals surface area contributed by atoms with Gasteiger partial charge in [0.25, 0.3) is 0 Å². The Morgan fingerprint density at radius 3 is 2.12 bits per heavy atom. The quantitative estimate of drug-likeness (QED) is 0.337. The van der Waals surface area contributed by atoms with Gasteiger partial charge < -0.3 is 20.6 Å². The molecular formula is C20H40N2O4. The smallest absolute Gasteiger partial charge is 0.305 e. The van der Waals surface area contributed by atoms with E-state index in [2.05, 4.69) is 31.4 Å². The molecule has 5 atom stereocenters. The molecule has 0 aromatic carbocycles. The summed E-state index contributed by atoms with van der Waals surface area (Å²) in [4.78, 5) is 11.0. The number of nitrogens with one attached hydrogen (secondary N) is 2. The summed E-state index contributed by atoms with van der Waals surface area (Å²) in [5, 5.41) is 36.0. The third-order valence-corrected chi connectivity index (χ3v) is 5.38. The third kappa shape index (κ3) is 9.31. The van der Waals surface area contributed by atoms with E-state index >= 15 is 0 Å². The van der Waals surface area contributed by atoms with Gasteiger partial charge in [-0.25, -0.2) is 0 Å². The van der Waals surface area contributed by atoms with E-state index in [9.17, 15) is 15.0 Å². The van der Waals surface area contributed by atoms with Crippen molar-refractivity contribution in [2.24, 2.45) is 11.8 Å². The molecule has 0 aliphatic heterocycles. The zero-order chi connectivity index (χ0) is 19.7. The van der Waals surface area contributed by atoms with Gasteiger partial charge in [0.2, 0.25) is 0 Å². The molecule has 6 heteroatoms. The second kappa shape index (κ2) is 11.9. The number of aliphatic carboxylic acids is 1. The van der Waals surface area contributed by atoms with E-state index in [1.54, 1.807) is 6.92 Å². The van der Waals surface area contributed by atoms with Gasteiger partial charge in [-0.15, -0.1) is 0 Å². The Bertz CT molecular complexity index is 397. The number of carboxylic acid groups (broad SMARTS) is 1. The first-order chi connectivity index (χ1) is 12.2. The topological polar surface area (TPSA) is 102 Å². The fraction of sp³-hybridized carbons (Fsp3) is 0.950. The Morgan fingerprint density at radius 2 is 1.62 bits per heavy atom. The van der Waals surface area contributed by atoms with Crippen LogP contribution >= 0.6 is 0 Å². The monoisotopic (exact) mass is 372 g/mol. The molecule has 0 aromatic heterocycles. The molecule has 0 amide bonds. The van der Waals surface area contributed by atoms with Gasteiger partial charge in [0.05, 0.1) is 12.5 Å². The van der Waals surface area contributed by atoms with E-state index in [0.29, 0.717) is 12.0 Å². The van der Waals surface area contributed by atoms with Crippen LogP contribution in [0.25, 0.3) is 0 Å². The molecule has 1 aliphatic carbocycles. The predicted molar refractivity (Wildman–Crippen MR) is 104 cm³/mol. The molecule has 0 heterocycles. The maximum absolute atomic E-state index is 11.0. The average Bonchev–Trinajstić information content (AvgIpc) is 2.53. The van der Waals surface area contributed by atoms with Crippen LogP contribution in [0.3, 0.4) is 0 Å². The molecule has 1 rings (SSSR count). The molecule has 4 unspecified atom stereocenters. The Hall–Kier alpha value is -0.690. The molecule has 1 saturated carbocycles. The van der Waals surface area contributed by atoms with Gasteiger partial charge in [0.15, 0.2) is 0 Å². The summed E-state index contributed by atoms with van der Waals surface area (Å²) in [5.41, 5.74) is 0. The molecule has 5 N–H and O–H groups in total. The highest BCUT2D eigenvalue weighted by Gasteiger charge is 2.28. The van der Waals surface area contributed by atoms with Gasteiger partial charge in [-0.3, -0.25) is 10.1 Å². The summed E-state index contributed by atoms with van der Waals surface area (Å²) >= 11 is 0. The molecule has 1 fully saturated rings. The van der Waals surface area contributed by atoms with Crippen molar-refractivity contribution in [3.8, 4) is 0 Å². The van der Waals surface area contributed by atoms with E-state index in [1.807, 2.05) is 0 Å². The molecule has 6 nitrogen and oxygen atoms in total. The summed E-state index contributed by atoms with van der Waals surface area (Å²) in [7, 11) is 0. The van der Waals surface area contributed by atoms with Crippen molar-refractivity contribution < 1.29 is 20.1 Å². The number of hydrogen-bond donors (Lipinski definition) is 5. The summed E-state index contributed by atoms with van der Waals surface area (Å²) in [6.07, 6.45) is 6.51. The van der Waals surface area contributed by atoms with Crippen molar-refractivity contribution in [2.45, 2.75) is 110 Å². The third-order valence-electron chi connectivity index (χ3n) is 5.38. The number of rotatable bonds is 12. The van der Waals surface area contributed by atoms with Gasteiger partial charge >= 0.3 is 5.97 Å². The molecular weight excluding hydrogens is 332 g/mol. The van der Waals surface area contributed by atoms with Crippen molar-refractivity contribution >= 4 is 5.97 Å². The van der Waals surface area contributed by atoms with Gasteiger partial charge in [0, 0.05) is 18.1 Å². The molecule has 0 radical (unpaired) electrons. The zero-order valence-corrected chi connectivity index (χ0v) is 16.9. The minimum atomic E-state index is -0.991. The number of aliphatic hydroxyl groups excluding tert-OH is 2. The van der Waals surface area contributed by atoms with E-state index in [1.165, 1.54) is 32.1 Å². The van der Waals surface area contributed by atoms with Crippen molar-refractivity contribution in [1.82, 2.24) is 10.6 Å². The molecule has 26 heavy (non-hydrogen) atoms. The average molecular weight is 373 g/mol. The highest BCUT2D eigenvalue weighted by atomic mass is 16.4. The van der Waals surface area contributed by atoms with Crippen LogP contribution in [0.15, 0.2) is 0 Å². The van der Waals surface area contributed by atoms with E-state index < -0.39 is 24.3 Å². The first kappa shape index (κ1) is 23.3. The van der Waals surface area contributed by atoms with Gasteiger partial charge in [-0.1, -0.05) is 46.0 Å². The first-order valence-electron chi connectivity index (χ1n) is 10.3. The largest absolute Gasteiger partial charge is 0.481 e.